The molecule has 0 aromatic rings. The van der Waals surface area contributed by atoms with Crippen LogP contribution in [0.15, 0.2) is 0 Å². The first kappa shape index (κ1) is 7.17. The van der Waals surface area contributed by atoms with Gasteiger partial charge in [0.15, 0.2) is 0 Å². The maximum absolute atomic E-state index is 3.73. The molecule has 0 rings (SSSR count). The normalized spacial score (nSPS) is 8.86. The Morgan fingerprint density at radius 3 is 2.43 bits per heavy atom. The van der Waals surface area contributed by atoms with Crippen molar-refractivity contribution in [2.45, 2.75) is 13.8 Å². The Bertz CT molecular complexity index is 72.6. The summed E-state index contributed by atoms with van der Waals surface area (Å²) in [5.74, 6) is 3.22. The zero-order valence-electron chi connectivity index (χ0n) is 4.73. The van der Waals surface area contributed by atoms with Crippen LogP contribution in [0.2, 0.25) is 0 Å². The van der Waals surface area contributed by atoms with Gasteiger partial charge < -0.3 is 0 Å². The first-order valence-corrected chi connectivity index (χ1v) is 2.84. The second-order valence-corrected chi connectivity index (χ2v) is 2.11. The molecule has 0 aliphatic heterocycles. The fourth-order valence-corrected chi connectivity index (χ4v) is 0.341. The van der Waals surface area contributed by atoms with Gasteiger partial charge in [0.2, 0.25) is 0 Å². The number of nitrogens with one attached hydrogen (secondary N) is 1. The van der Waals surface area contributed by atoms with Gasteiger partial charge in [0, 0.05) is 0 Å². The van der Waals surface area contributed by atoms with Gasteiger partial charge in [0.25, 0.3) is 0 Å². The van der Waals surface area contributed by atoms with Gasteiger partial charge in [-0.3, -0.25) is 0 Å². The Labute approximate surface area is 47.0 Å². The van der Waals surface area contributed by atoms with Crippen molar-refractivity contribution in [2.75, 3.05) is 6.54 Å². The summed E-state index contributed by atoms with van der Waals surface area (Å²) in [5.41, 5.74) is 0. The molecule has 0 spiro atoms. The molecule has 7 heavy (non-hydrogen) atoms. The van der Waals surface area contributed by atoms with E-state index in [1.165, 1.54) is 0 Å². The molecule has 0 atom stereocenters. The van der Waals surface area contributed by atoms with Crippen LogP contribution in [-0.2, 0) is 0 Å². The van der Waals surface area contributed by atoms with E-state index in [2.05, 4.69) is 33.6 Å². The van der Waals surface area contributed by atoms with Crippen molar-refractivity contribution in [1.82, 2.24) is 5.32 Å². The quantitative estimate of drug-likeness (QED) is 0.425. The van der Waals surface area contributed by atoms with E-state index in [0.29, 0.717) is 5.92 Å². The van der Waals surface area contributed by atoms with Gasteiger partial charge in [-0.2, -0.15) is 0 Å². The summed E-state index contributed by atoms with van der Waals surface area (Å²) in [7, 11) is 3.73. The van der Waals surface area contributed by atoms with Crippen LogP contribution in [0.5, 0.6) is 0 Å². The van der Waals surface area contributed by atoms with Crippen molar-refractivity contribution in [3.8, 4) is 5.75 Å². The maximum atomic E-state index is 3.73. The predicted octanol–water partition coefficient (Wildman–Crippen LogP) is 1.56. The fraction of sp³-hybridized carbons (Fsp3) is 0.800. The van der Waals surface area contributed by atoms with Gasteiger partial charge in [-0.25, -0.2) is 0 Å². The first-order valence-electron chi connectivity index (χ1n) is 2.39. The Hall–Kier alpha value is 0.170. The van der Waals surface area contributed by atoms with Gasteiger partial charge in [0.1, 0.15) is 0 Å². The third-order valence-corrected chi connectivity index (χ3v) is 0.747. The van der Waals surface area contributed by atoms with Gasteiger partial charge in [-0.1, -0.05) is 0 Å². The average molecular weight is 115 g/mol. The second-order valence-electron chi connectivity index (χ2n) is 1.89. The summed E-state index contributed by atoms with van der Waals surface area (Å²) < 4.78 is 0. The van der Waals surface area contributed by atoms with E-state index in [1.54, 1.807) is 0 Å². The molecular formula is C5H10NP. The molecule has 2 heteroatoms. The number of hydrogen-bond donors (Lipinski definition) is 1. The van der Waals surface area contributed by atoms with Crippen molar-refractivity contribution in [3.63, 3.8) is 0 Å². The standard InChI is InChI=1S/C5H10NP/c1-5(2)3-6-4-7/h5-6H,3H2,1-2H3. The van der Waals surface area contributed by atoms with E-state index < -0.39 is 0 Å². The molecule has 0 amide bonds. The summed E-state index contributed by atoms with van der Waals surface area (Å²) in [6.45, 7) is 5.24. The van der Waals surface area contributed by atoms with E-state index in [9.17, 15) is 0 Å². The molecule has 0 heterocycles. The number of rotatable bonds is 2. The Morgan fingerprint density at radius 1 is 1.71 bits per heavy atom. The molecule has 0 bridgehead atoms. The SMILES string of the molecule is CC(C)CNC#P. The topological polar surface area (TPSA) is 12.0 Å². The first-order chi connectivity index (χ1) is 3.27. The van der Waals surface area contributed by atoms with Crippen molar-refractivity contribution in [1.29, 1.82) is 0 Å². The van der Waals surface area contributed by atoms with Crippen molar-refractivity contribution >= 4 is 8.70 Å². The van der Waals surface area contributed by atoms with Crippen LogP contribution in [-0.4, -0.2) is 6.54 Å². The molecule has 0 aliphatic rings. The van der Waals surface area contributed by atoms with Crippen LogP contribution in [0.25, 0.3) is 0 Å². The van der Waals surface area contributed by atoms with E-state index in [-0.39, 0.29) is 0 Å². The molecule has 40 valence electrons. The van der Waals surface area contributed by atoms with Crippen LogP contribution in [0.4, 0.5) is 0 Å². The zero-order chi connectivity index (χ0) is 5.70. The van der Waals surface area contributed by atoms with Gasteiger partial charge in [-0.15, -0.1) is 0 Å². The number of hydrogen-bond acceptors (Lipinski definition) is 1. The van der Waals surface area contributed by atoms with Crippen molar-refractivity contribution < 1.29 is 0 Å². The minimum absolute atomic E-state index is 0.680. The third-order valence-electron chi connectivity index (χ3n) is 0.589. The molecule has 0 aromatic heterocycles. The van der Waals surface area contributed by atoms with E-state index in [0.717, 1.165) is 6.54 Å². The van der Waals surface area contributed by atoms with Gasteiger partial charge in [0.05, 0.1) is 0 Å². The zero-order valence-corrected chi connectivity index (χ0v) is 5.63. The average Bonchev–Trinajstić information content (AvgIpc) is 1.61. The molecule has 1 N–H and O–H groups in total. The summed E-state index contributed by atoms with van der Waals surface area (Å²) in [6, 6.07) is 0. The van der Waals surface area contributed by atoms with Crippen molar-refractivity contribution in [3.05, 3.63) is 0 Å². The summed E-state index contributed by atoms with van der Waals surface area (Å²) in [6.07, 6.45) is 0. The van der Waals surface area contributed by atoms with Crippen LogP contribution < -0.4 is 5.32 Å². The Morgan fingerprint density at radius 2 is 2.29 bits per heavy atom. The van der Waals surface area contributed by atoms with Crippen molar-refractivity contribution in [2.24, 2.45) is 5.92 Å². The van der Waals surface area contributed by atoms with Gasteiger partial charge >= 0.3 is 46.1 Å². The third kappa shape index (κ3) is 6.17. The van der Waals surface area contributed by atoms with Crippen LogP contribution in [0, 0.1) is 11.7 Å². The van der Waals surface area contributed by atoms with Crippen LogP contribution in [0.1, 0.15) is 13.8 Å². The monoisotopic (exact) mass is 115 g/mol. The molecular weight excluding hydrogens is 105 g/mol. The Kier molecular flexibility index (Phi) is 4.44. The van der Waals surface area contributed by atoms with E-state index >= 15 is 0 Å². The molecule has 0 unspecified atom stereocenters. The molecule has 0 saturated heterocycles. The summed E-state index contributed by atoms with van der Waals surface area (Å²) in [5, 5.41) is 2.86. The Balaban J connectivity index is 2.86. The minimum atomic E-state index is 0.680. The predicted molar refractivity (Wildman–Crippen MR) is 33.6 cm³/mol. The summed E-state index contributed by atoms with van der Waals surface area (Å²) >= 11 is 0. The fourth-order valence-electron chi connectivity index (χ4n) is 0.250. The second kappa shape index (κ2) is 4.33. The van der Waals surface area contributed by atoms with E-state index in [1.807, 2.05) is 0 Å². The summed E-state index contributed by atoms with van der Waals surface area (Å²) in [4.78, 5) is 0. The van der Waals surface area contributed by atoms with Crippen LogP contribution in [0.3, 0.4) is 0 Å². The van der Waals surface area contributed by atoms with Gasteiger partial charge in [-0.05, 0) is 0 Å². The van der Waals surface area contributed by atoms with E-state index in [4.69, 9.17) is 0 Å². The molecule has 0 aromatic carbocycles. The molecule has 0 radical (unpaired) electrons. The molecule has 1 nitrogen and oxygen atoms in total. The van der Waals surface area contributed by atoms with Crippen LogP contribution >= 0.6 is 8.70 Å². The molecule has 0 fully saturated rings. The molecule has 0 aliphatic carbocycles. The molecule has 0 saturated carbocycles.